The van der Waals surface area contributed by atoms with Crippen LogP contribution in [0.15, 0.2) is 53.4 Å². The van der Waals surface area contributed by atoms with E-state index in [9.17, 15) is 14.7 Å². The predicted octanol–water partition coefficient (Wildman–Crippen LogP) is 4.98. The lowest BCUT2D eigenvalue weighted by molar-refractivity contribution is -0.145. The fourth-order valence-corrected chi connectivity index (χ4v) is 4.26. The highest BCUT2D eigenvalue weighted by atomic mass is 35.5. The van der Waals surface area contributed by atoms with E-state index in [-0.39, 0.29) is 16.6 Å². The van der Waals surface area contributed by atoms with Crippen molar-refractivity contribution in [3.8, 4) is 5.75 Å². The third kappa shape index (κ3) is 5.18. The van der Waals surface area contributed by atoms with E-state index in [0.717, 1.165) is 22.9 Å². The van der Waals surface area contributed by atoms with E-state index in [0.29, 0.717) is 22.3 Å². The summed E-state index contributed by atoms with van der Waals surface area (Å²) in [5.41, 5.74) is 1.80. The number of rotatable bonds is 7. The molecule has 2 aromatic rings. The van der Waals surface area contributed by atoms with Crippen LogP contribution in [-0.4, -0.2) is 32.2 Å². The summed E-state index contributed by atoms with van der Waals surface area (Å²) in [5.74, 6) is -0.744. The first-order chi connectivity index (χ1) is 13.9. The van der Waals surface area contributed by atoms with Crippen molar-refractivity contribution < 1.29 is 19.4 Å². The fraction of sp³-hybridized carbons (Fsp3) is 0.190. The number of benzene rings is 2. The van der Waals surface area contributed by atoms with Crippen LogP contribution in [0.1, 0.15) is 24.5 Å². The number of carboxylic acids is 1. The molecule has 8 heteroatoms. The van der Waals surface area contributed by atoms with Crippen LogP contribution < -0.4 is 4.74 Å². The number of carbonyl (C=O) groups is 2. The monoisotopic (exact) mass is 447 g/mol. The molecule has 1 aliphatic heterocycles. The molecule has 1 amide bonds. The highest BCUT2D eigenvalue weighted by Gasteiger charge is 2.39. The Hall–Kier alpha value is -2.35. The molecule has 0 bridgehead atoms. The summed E-state index contributed by atoms with van der Waals surface area (Å²) in [7, 11) is 0. The quantitative estimate of drug-likeness (QED) is 0.476. The van der Waals surface area contributed by atoms with Crippen LogP contribution in [0.25, 0.3) is 6.08 Å². The largest absolute Gasteiger partial charge is 0.489 e. The molecule has 0 radical (unpaired) electrons. The van der Waals surface area contributed by atoms with Gasteiger partial charge in [0.2, 0.25) is 0 Å². The van der Waals surface area contributed by atoms with Crippen molar-refractivity contribution in [3.05, 3.63) is 69.6 Å². The van der Waals surface area contributed by atoms with E-state index < -0.39 is 12.0 Å². The van der Waals surface area contributed by atoms with E-state index in [4.69, 9.17) is 28.6 Å². The Morgan fingerprint density at radius 1 is 1.24 bits per heavy atom. The van der Waals surface area contributed by atoms with Gasteiger partial charge in [-0.05, 0) is 47.9 Å². The molecule has 3 rings (SSSR count). The Balaban J connectivity index is 1.67. The number of hydrogen-bond donors (Lipinski definition) is 1. The molecule has 1 atom stereocenters. The molecule has 1 N–H and O–H groups in total. The van der Waals surface area contributed by atoms with Crippen molar-refractivity contribution in [2.45, 2.75) is 26.0 Å². The van der Waals surface area contributed by atoms with Gasteiger partial charge in [-0.3, -0.25) is 9.69 Å². The maximum atomic E-state index is 12.6. The summed E-state index contributed by atoms with van der Waals surface area (Å²) < 4.78 is 6.02. The maximum absolute atomic E-state index is 12.6. The van der Waals surface area contributed by atoms with Crippen molar-refractivity contribution in [1.29, 1.82) is 0 Å². The maximum Gasteiger partial charge on any atom is 0.326 e. The number of carbonyl (C=O) groups excluding carboxylic acids is 1. The number of amides is 1. The van der Waals surface area contributed by atoms with Gasteiger partial charge in [0.1, 0.15) is 22.7 Å². The standard InChI is InChI=1S/C21H18ClNO4S2/c1-2-17(20(25)26)23-19(24)18(29-21(23)28)11-13-5-9-16(10-6-13)27-12-14-3-7-15(22)8-4-14/h3-11,17H,2,12H2,1H3,(H,25,26). The first-order valence-corrected chi connectivity index (χ1v) is 10.5. The number of hydrogen-bond acceptors (Lipinski definition) is 5. The Kier molecular flexibility index (Phi) is 6.95. The molecule has 1 heterocycles. The van der Waals surface area contributed by atoms with E-state index in [1.54, 1.807) is 13.0 Å². The van der Waals surface area contributed by atoms with Gasteiger partial charge in [-0.1, -0.05) is 66.8 Å². The molecule has 1 unspecified atom stereocenters. The molecule has 1 aliphatic rings. The molecule has 29 heavy (non-hydrogen) atoms. The molecule has 0 saturated carbocycles. The van der Waals surface area contributed by atoms with Crippen LogP contribution in [0, 0.1) is 0 Å². The Bertz CT molecular complexity index is 958. The third-order valence-electron chi connectivity index (χ3n) is 4.30. The minimum absolute atomic E-state index is 0.262. The zero-order valence-electron chi connectivity index (χ0n) is 15.5. The summed E-state index contributed by atoms with van der Waals surface area (Å²) in [6.07, 6.45) is 1.99. The molecule has 150 valence electrons. The SMILES string of the molecule is CCC(C(=O)O)N1C(=O)C(=Cc2ccc(OCc3ccc(Cl)cc3)cc2)SC1=S. The minimum Gasteiger partial charge on any atom is -0.489 e. The minimum atomic E-state index is -1.06. The van der Waals surface area contributed by atoms with Gasteiger partial charge in [0.05, 0.1) is 4.91 Å². The molecule has 2 aromatic carbocycles. The van der Waals surface area contributed by atoms with Gasteiger partial charge in [-0.2, -0.15) is 0 Å². The van der Waals surface area contributed by atoms with Crippen LogP contribution in [0.2, 0.25) is 5.02 Å². The van der Waals surface area contributed by atoms with Crippen molar-refractivity contribution in [2.75, 3.05) is 0 Å². The number of thiocarbonyl (C=S) groups is 1. The average molecular weight is 448 g/mol. The van der Waals surface area contributed by atoms with E-state index in [2.05, 4.69) is 0 Å². The van der Waals surface area contributed by atoms with Crippen LogP contribution in [0.4, 0.5) is 0 Å². The van der Waals surface area contributed by atoms with E-state index in [1.165, 1.54) is 4.90 Å². The van der Waals surface area contributed by atoms with Crippen LogP contribution in [-0.2, 0) is 16.2 Å². The van der Waals surface area contributed by atoms with Gasteiger partial charge in [0, 0.05) is 5.02 Å². The number of carboxylic acid groups (broad SMARTS) is 1. The van der Waals surface area contributed by atoms with Gasteiger partial charge in [0.25, 0.3) is 5.91 Å². The van der Waals surface area contributed by atoms with E-state index in [1.807, 2.05) is 48.5 Å². The Morgan fingerprint density at radius 2 is 1.90 bits per heavy atom. The second kappa shape index (κ2) is 9.43. The van der Waals surface area contributed by atoms with Crippen LogP contribution >= 0.6 is 35.6 Å². The highest BCUT2D eigenvalue weighted by molar-refractivity contribution is 8.26. The van der Waals surface area contributed by atoms with Gasteiger partial charge < -0.3 is 9.84 Å². The Labute approximate surface area is 183 Å². The fourth-order valence-electron chi connectivity index (χ4n) is 2.78. The number of ether oxygens (including phenoxy) is 1. The molecular formula is C21H18ClNO4S2. The molecule has 0 aliphatic carbocycles. The number of nitrogens with zero attached hydrogens (tertiary/aromatic N) is 1. The number of thioether (sulfide) groups is 1. The first kappa shape index (κ1) is 21.4. The van der Waals surface area contributed by atoms with Gasteiger partial charge in [-0.15, -0.1) is 0 Å². The normalized spacial score (nSPS) is 16.3. The predicted molar refractivity (Wildman–Crippen MR) is 119 cm³/mol. The van der Waals surface area contributed by atoms with Crippen molar-refractivity contribution in [1.82, 2.24) is 4.90 Å². The van der Waals surface area contributed by atoms with Crippen molar-refractivity contribution in [3.63, 3.8) is 0 Å². The van der Waals surface area contributed by atoms with Crippen molar-refractivity contribution >= 4 is 57.9 Å². The van der Waals surface area contributed by atoms with Crippen LogP contribution in [0.3, 0.4) is 0 Å². The smallest absolute Gasteiger partial charge is 0.326 e. The summed E-state index contributed by atoms with van der Waals surface area (Å²) in [5, 5.41) is 10.00. The zero-order valence-corrected chi connectivity index (χ0v) is 17.9. The molecule has 0 aromatic heterocycles. The molecule has 0 spiro atoms. The second-order valence-electron chi connectivity index (χ2n) is 6.30. The summed E-state index contributed by atoms with van der Waals surface area (Å²) in [6, 6.07) is 13.8. The third-order valence-corrected chi connectivity index (χ3v) is 5.89. The summed E-state index contributed by atoms with van der Waals surface area (Å²) >= 11 is 12.2. The number of halogens is 1. The lowest BCUT2D eigenvalue weighted by Crippen LogP contribution is -2.43. The van der Waals surface area contributed by atoms with Gasteiger partial charge in [0.15, 0.2) is 0 Å². The van der Waals surface area contributed by atoms with Gasteiger partial charge in [-0.25, -0.2) is 4.79 Å². The lowest BCUT2D eigenvalue weighted by Gasteiger charge is -2.21. The topological polar surface area (TPSA) is 66.8 Å². The lowest BCUT2D eigenvalue weighted by atomic mass is 10.1. The number of aliphatic carboxylic acids is 1. The zero-order chi connectivity index (χ0) is 21.0. The van der Waals surface area contributed by atoms with Gasteiger partial charge >= 0.3 is 5.97 Å². The molecular weight excluding hydrogens is 430 g/mol. The average Bonchev–Trinajstić information content (AvgIpc) is 2.97. The summed E-state index contributed by atoms with van der Waals surface area (Å²) in [4.78, 5) is 25.6. The summed E-state index contributed by atoms with van der Waals surface area (Å²) in [6.45, 7) is 2.13. The van der Waals surface area contributed by atoms with E-state index >= 15 is 0 Å². The first-order valence-electron chi connectivity index (χ1n) is 8.86. The molecule has 1 saturated heterocycles. The van der Waals surface area contributed by atoms with Crippen LogP contribution in [0.5, 0.6) is 5.75 Å². The Morgan fingerprint density at radius 3 is 2.48 bits per heavy atom. The molecule has 5 nitrogen and oxygen atoms in total. The second-order valence-corrected chi connectivity index (χ2v) is 8.41. The highest BCUT2D eigenvalue weighted by Crippen LogP contribution is 2.34. The van der Waals surface area contributed by atoms with Crippen molar-refractivity contribution in [2.24, 2.45) is 0 Å². The molecule has 1 fully saturated rings.